The number of hydrogen-bond donors (Lipinski definition) is 3. The summed E-state index contributed by atoms with van der Waals surface area (Å²) >= 11 is 0. The molecule has 90 valence electrons. The van der Waals surface area contributed by atoms with Gasteiger partial charge in [-0.2, -0.15) is 0 Å². The van der Waals surface area contributed by atoms with Crippen molar-refractivity contribution in [2.24, 2.45) is 0 Å². The van der Waals surface area contributed by atoms with Crippen LogP contribution < -0.4 is 16.0 Å². The van der Waals surface area contributed by atoms with Gasteiger partial charge in [-0.25, -0.2) is 0 Å². The maximum absolute atomic E-state index is 3.22. The predicted molar refractivity (Wildman–Crippen MR) is 74.0 cm³/mol. The third kappa shape index (κ3) is 4.06. The van der Waals surface area contributed by atoms with Crippen molar-refractivity contribution in [3.8, 4) is 0 Å². The Kier molecular flexibility index (Phi) is 4.82. The second kappa shape index (κ2) is 6.89. The van der Waals surface area contributed by atoms with Crippen molar-refractivity contribution in [1.29, 1.82) is 0 Å². The molecule has 0 saturated carbocycles. The number of hydrogen-bond acceptors (Lipinski definition) is 3. The van der Waals surface area contributed by atoms with Crippen molar-refractivity contribution in [1.82, 2.24) is 10.6 Å². The molecule has 3 nitrogen and oxygen atoms in total. The minimum Gasteiger partial charge on any atom is -0.361 e. The van der Waals surface area contributed by atoms with E-state index in [-0.39, 0.29) is 0 Å². The SMILES string of the molecule is C1=CNc2ccccc2C=C1.C1CNCCN1. The van der Waals surface area contributed by atoms with Crippen molar-refractivity contribution in [3.05, 3.63) is 48.2 Å². The second-order valence-corrected chi connectivity index (χ2v) is 3.95. The van der Waals surface area contributed by atoms with Crippen LogP contribution in [0.3, 0.4) is 0 Å². The smallest absolute Gasteiger partial charge is 0.0453 e. The van der Waals surface area contributed by atoms with Crippen molar-refractivity contribution in [2.45, 2.75) is 0 Å². The number of piperazine rings is 1. The summed E-state index contributed by atoms with van der Waals surface area (Å²) in [6.45, 7) is 4.56. The quantitative estimate of drug-likeness (QED) is 0.635. The van der Waals surface area contributed by atoms with Gasteiger partial charge in [-0.3, -0.25) is 0 Å². The van der Waals surface area contributed by atoms with E-state index in [1.54, 1.807) is 0 Å². The van der Waals surface area contributed by atoms with Crippen LogP contribution in [0.25, 0.3) is 6.08 Å². The van der Waals surface area contributed by atoms with E-state index in [4.69, 9.17) is 0 Å². The maximum Gasteiger partial charge on any atom is 0.0453 e. The molecule has 3 rings (SSSR count). The highest BCUT2D eigenvalue weighted by molar-refractivity contribution is 5.69. The number of anilines is 1. The Morgan fingerprint density at radius 2 is 1.53 bits per heavy atom. The molecule has 1 aromatic carbocycles. The molecule has 3 heteroatoms. The number of benzene rings is 1. The number of nitrogens with one attached hydrogen (secondary N) is 3. The van der Waals surface area contributed by atoms with Crippen molar-refractivity contribution in [3.63, 3.8) is 0 Å². The fourth-order valence-electron chi connectivity index (χ4n) is 1.73. The number of fused-ring (bicyclic) bond motifs is 1. The highest BCUT2D eigenvalue weighted by Gasteiger charge is 1.95. The van der Waals surface area contributed by atoms with Gasteiger partial charge in [0.05, 0.1) is 0 Å². The fraction of sp³-hybridized carbons (Fsp3) is 0.286. The summed E-state index contributed by atoms with van der Waals surface area (Å²) in [7, 11) is 0. The summed E-state index contributed by atoms with van der Waals surface area (Å²) < 4.78 is 0. The van der Waals surface area contributed by atoms with Crippen LogP contribution in [0.4, 0.5) is 5.69 Å². The molecule has 2 heterocycles. The van der Waals surface area contributed by atoms with Crippen LogP contribution in [0.1, 0.15) is 5.56 Å². The second-order valence-electron chi connectivity index (χ2n) is 3.95. The lowest BCUT2D eigenvalue weighted by atomic mass is 10.2. The standard InChI is InChI=1S/C10H9N.C4H10N2/c1-2-7-10-9(5-1)6-3-4-8-11-10;1-2-6-4-3-5-1/h1-8,11H;5-6H,1-4H2. The van der Waals surface area contributed by atoms with Gasteiger partial charge in [0, 0.05) is 38.1 Å². The Morgan fingerprint density at radius 1 is 0.824 bits per heavy atom. The van der Waals surface area contributed by atoms with E-state index >= 15 is 0 Å². The lowest BCUT2D eigenvalue weighted by Gasteiger charge is -2.11. The molecule has 2 aliphatic heterocycles. The largest absolute Gasteiger partial charge is 0.361 e. The molecule has 2 aliphatic rings. The Hall–Kier alpha value is -1.58. The van der Waals surface area contributed by atoms with Crippen LogP contribution in [0.2, 0.25) is 0 Å². The van der Waals surface area contributed by atoms with E-state index in [0.717, 1.165) is 31.9 Å². The third-order valence-electron chi connectivity index (χ3n) is 2.64. The minimum atomic E-state index is 1.14. The summed E-state index contributed by atoms with van der Waals surface area (Å²) in [5.74, 6) is 0. The fourth-order valence-corrected chi connectivity index (χ4v) is 1.73. The molecule has 0 radical (unpaired) electrons. The van der Waals surface area contributed by atoms with Gasteiger partial charge < -0.3 is 16.0 Å². The average molecular weight is 229 g/mol. The first-order chi connectivity index (χ1) is 8.47. The van der Waals surface area contributed by atoms with Crippen molar-refractivity contribution in [2.75, 3.05) is 31.5 Å². The Balaban J connectivity index is 0.000000153. The molecule has 0 aromatic heterocycles. The van der Waals surface area contributed by atoms with E-state index in [9.17, 15) is 0 Å². The van der Waals surface area contributed by atoms with Gasteiger partial charge >= 0.3 is 0 Å². The lowest BCUT2D eigenvalue weighted by Crippen LogP contribution is -2.39. The maximum atomic E-state index is 3.22. The van der Waals surface area contributed by atoms with Crippen LogP contribution in [-0.4, -0.2) is 26.2 Å². The molecular weight excluding hydrogens is 210 g/mol. The molecule has 0 atom stereocenters. The first-order valence-corrected chi connectivity index (χ1v) is 6.07. The molecule has 0 bridgehead atoms. The predicted octanol–water partition coefficient (Wildman–Crippen LogP) is 1.82. The summed E-state index contributed by atoms with van der Waals surface area (Å²) in [6.07, 6.45) is 8.03. The molecule has 0 spiro atoms. The van der Waals surface area contributed by atoms with Gasteiger partial charge in [-0.05, 0) is 17.7 Å². The average Bonchev–Trinajstić information content (AvgIpc) is 2.66. The van der Waals surface area contributed by atoms with E-state index in [2.05, 4.69) is 34.2 Å². The molecule has 0 unspecified atom stereocenters. The first-order valence-electron chi connectivity index (χ1n) is 6.07. The van der Waals surface area contributed by atoms with Crippen LogP contribution in [-0.2, 0) is 0 Å². The molecule has 3 N–H and O–H groups in total. The molecule has 1 aromatic rings. The van der Waals surface area contributed by atoms with Gasteiger partial charge in [0.2, 0.25) is 0 Å². The van der Waals surface area contributed by atoms with Crippen LogP contribution in [0, 0.1) is 0 Å². The van der Waals surface area contributed by atoms with Crippen molar-refractivity contribution >= 4 is 11.8 Å². The van der Waals surface area contributed by atoms with Gasteiger partial charge in [-0.15, -0.1) is 0 Å². The van der Waals surface area contributed by atoms with E-state index in [0.29, 0.717) is 0 Å². The number of para-hydroxylation sites is 1. The van der Waals surface area contributed by atoms with Gasteiger partial charge in [0.15, 0.2) is 0 Å². The summed E-state index contributed by atoms with van der Waals surface area (Å²) in [5.41, 5.74) is 2.40. The zero-order chi connectivity index (χ0) is 11.8. The molecule has 0 amide bonds. The Labute approximate surface area is 103 Å². The summed E-state index contributed by atoms with van der Waals surface area (Å²) in [5, 5.41) is 9.63. The third-order valence-corrected chi connectivity index (χ3v) is 2.64. The minimum absolute atomic E-state index is 1.14. The summed E-state index contributed by atoms with van der Waals surface area (Å²) in [4.78, 5) is 0. The molecule has 1 fully saturated rings. The van der Waals surface area contributed by atoms with E-state index < -0.39 is 0 Å². The van der Waals surface area contributed by atoms with E-state index in [1.165, 1.54) is 5.56 Å². The molecular formula is C14H19N3. The number of rotatable bonds is 0. The highest BCUT2D eigenvalue weighted by Crippen LogP contribution is 2.18. The summed E-state index contributed by atoms with van der Waals surface area (Å²) in [6, 6.07) is 8.22. The monoisotopic (exact) mass is 229 g/mol. The molecule has 1 saturated heterocycles. The molecule has 0 aliphatic carbocycles. The topological polar surface area (TPSA) is 36.1 Å². The number of allylic oxidation sites excluding steroid dienone is 2. The van der Waals surface area contributed by atoms with Crippen molar-refractivity contribution < 1.29 is 0 Å². The van der Waals surface area contributed by atoms with Gasteiger partial charge in [-0.1, -0.05) is 30.4 Å². The first kappa shape index (κ1) is 11.9. The molecule has 17 heavy (non-hydrogen) atoms. The Morgan fingerprint density at radius 3 is 2.24 bits per heavy atom. The van der Waals surface area contributed by atoms with E-state index in [1.807, 2.05) is 30.5 Å². The van der Waals surface area contributed by atoms with Crippen LogP contribution in [0.5, 0.6) is 0 Å². The zero-order valence-electron chi connectivity index (χ0n) is 9.95. The highest BCUT2D eigenvalue weighted by atomic mass is 15.0. The normalized spacial score (nSPS) is 17.2. The zero-order valence-corrected chi connectivity index (χ0v) is 9.95. The van der Waals surface area contributed by atoms with Gasteiger partial charge in [0.25, 0.3) is 0 Å². The Bertz CT molecular complexity index is 381. The van der Waals surface area contributed by atoms with Crippen LogP contribution >= 0.6 is 0 Å². The lowest BCUT2D eigenvalue weighted by molar-refractivity contribution is 0.534. The van der Waals surface area contributed by atoms with Gasteiger partial charge in [0.1, 0.15) is 0 Å². The van der Waals surface area contributed by atoms with Crippen LogP contribution in [0.15, 0.2) is 42.6 Å².